The van der Waals surface area contributed by atoms with Gasteiger partial charge in [-0.2, -0.15) is 0 Å². The molecule has 4 atom stereocenters. The molecule has 1 aliphatic rings. The van der Waals surface area contributed by atoms with E-state index < -0.39 is 44.8 Å². The molecule has 176 valence electrons. The Balaban J connectivity index is 2.22. The van der Waals surface area contributed by atoms with E-state index in [4.69, 9.17) is 30.1 Å². The van der Waals surface area contributed by atoms with Crippen LogP contribution >= 0.6 is 0 Å². The molecule has 2 rings (SSSR count). The number of hydrogen-bond acceptors (Lipinski definition) is 9. The number of aromatic nitrogens is 2. The summed E-state index contributed by atoms with van der Waals surface area (Å²) in [5, 5.41) is 0.00744. The van der Waals surface area contributed by atoms with Gasteiger partial charge in [-0.05, 0) is 18.1 Å². The second-order valence-corrected chi connectivity index (χ2v) is 14.1. The normalized spacial score (nSPS) is 22.9. The molecule has 0 aromatic carbocycles. The summed E-state index contributed by atoms with van der Waals surface area (Å²) in [5.41, 5.74) is 13.0. The lowest BCUT2D eigenvalue weighted by Gasteiger charge is -2.38. The Kier molecular flexibility index (Phi) is 7.90. The topological polar surface area (TPSA) is 141 Å². The zero-order valence-electron chi connectivity index (χ0n) is 19.5. The highest BCUT2D eigenvalue weighted by Gasteiger charge is 2.42. The van der Waals surface area contributed by atoms with E-state index in [1.54, 1.807) is 10.9 Å². The number of nitrogen functional groups attached to an aromatic ring is 1. The van der Waals surface area contributed by atoms with Crippen LogP contribution in [0.15, 0.2) is 6.33 Å². The van der Waals surface area contributed by atoms with Crippen LogP contribution in [0.25, 0.3) is 0 Å². The largest absolute Gasteiger partial charge is 0.463 e. The molecule has 0 spiro atoms. The standard InChI is InChI=1S/C20H36N4O6Si/c1-12(25)27-10-16-14(28-13(2)26)8-17(29-16)24-11-23-18(19(24)22)15(9-21)30-31(6,7)20(3,4)5/h11,14-17H,8-10,21-22H2,1-7H3/t14?,15-,16-,17?/m1/s1. The monoisotopic (exact) mass is 456 g/mol. The quantitative estimate of drug-likeness (QED) is 0.445. The van der Waals surface area contributed by atoms with Crippen molar-refractivity contribution in [3.63, 3.8) is 0 Å². The molecular weight excluding hydrogens is 420 g/mol. The van der Waals surface area contributed by atoms with Gasteiger partial charge in [0.2, 0.25) is 0 Å². The van der Waals surface area contributed by atoms with Crippen molar-refractivity contribution >= 4 is 26.1 Å². The fourth-order valence-corrected chi connectivity index (χ4v) is 4.44. The lowest BCUT2D eigenvalue weighted by atomic mass is 10.2. The Labute approximate surface area is 184 Å². The van der Waals surface area contributed by atoms with Gasteiger partial charge >= 0.3 is 11.9 Å². The van der Waals surface area contributed by atoms with Crippen LogP contribution in [0.1, 0.15) is 59.1 Å². The summed E-state index contributed by atoms with van der Waals surface area (Å²) in [4.78, 5) is 27.1. The van der Waals surface area contributed by atoms with Crippen LogP contribution in [0.2, 0.25) is 18.1 Å². The van der Waals surface area contributed by atoms with Crippen molar-refractivity contribution in [2.45, 2.75) is 83.7 Å². The maximum absolute atomic E-state index is 11.5. The maximum Gasteiger partial charge on any atom is 0.303 e. The Morgan fingerprint density at radius 3 is 2.48 bits per heavy atom. The lowest BCUT2D eigenvalue weighted by Crippen LogP contribution is -2.43. The molecule has 4 N–H and O–H groups in total. The zero-order chi connectivity index (χ0) is 23.6. The number of esters is 2. The molecule has 1 aromatic heterocycles. The average Bonchev–Trinajstić information content (AvgIpc) is 3.19. The molecule has 0 bridgehead atoms. The van der Waals surface area contributed by atoms with Crippen molar-refractivity contribution in [1.82, 2.24) is 9.55 Å². The predicted molar refractivity (Wildman–Crippen MR) is 117 cm³/mol. The third-order valence-corrected chi connectivity index (χ3v) is 10.4. The maximum atomic E-state index is 11.5. The number of carbonyl (C=O) groups excluding carboxylic acids is 2. The highest BCUT2D eigenvalue weighted by molar-refractivity contribution is 6.74. The minimum absolute atomic E-state index is 0.00744. The third kappa shape index (κ3) is 6.06. The van der Waals surface area contributed by atoms with Gasteiger partial charge in [0, 0.05) is 26.8 Å². The van der Waals surface area contributed by atoms with E-state index in [1.165, 1.54) is 13.8 Å². The number of carbonyl (C=O) groups is 2. The highest BCUT2D eigenvalue weighted by atomic mass is 28.4. The van der Waals surface area contributed by atoms with Gasteiger partial charge in [-0.15, -0.1) is 0 Å². The summed E-state index contributed by atoms with van der Waals surface area (Å²) >= 11 is 0. The van der Waals surface area contributed by atoms with E-state index >= 15 is 0 Å². The van der Waals surface area contributed by atoms with Crippen LogP contribution in [0, 0.1) is 0 Å². The number of ether oxygens (including phenoxy) is 3. The summed E-state index contributed by atoms with van der Waals surface area (Å²) in [7, 11) is -2.10. The van der Waals surface area contributed by atoms with Crippen molar-refractivity contribution in [2.75, 3.05) is 18.9 Å². The number of hydrogen-bond donors (Lipinski definition) is 2. The Morgan fingerprint density at radius 2 is 1.97 bits per heavy atom. The van der Waals surface area contributed by atoms with Gasteiger partial charge in [-0.3, -0.25) is 14.2 Å². The molecule has 11 heteroatoms. The SMILES string of the molecule is CC(=O)OC[C@H]1OC(n2cnc([C@@H](CN)O[Si](C)(C)C(C)(C)C)c2N)CC1OC(C)=O. The number of rotatable bonds is 8. The molecule has 1 aliphatic heterocycles. The van der Waals surface area contributed by atoms with Crippen LogP contribution < -0.4 is 11.5 Å². The van der Waals surface area contributed by atoms with Crippen molar-refractivity contribution in [3.8, 4) is 0 Å². The molecule has 1 fully saturated rings. The summed E-state index contributed by atoms with van der Waals surface area (Å²) < 4.78 is 24.5. The molecule has 0 amide bonds. The van der Waals surface area contributed by atoms with E-state index in [0.29, 0.717) is 17.9 Å². The van der Waals surface area contributed by atoms with E-state index in [1.807, 2.05) is 0 Å². The molecule has 0 aliphatic carbocycles. The van der Waals surface area contributed by atoms with Crippen LogP contribution in [0.3, 0.4) is 0 Å². The Morgan fingerprint density at radius 1 is 1.32 bits per heavy atom. The van der Waals surface area contributed by atoms with Gasteiger partial charge in [0.05, 0.1) is 6.33 Å². The third-order valence-electron chi connectivity index (χ3n) is 5.88. The first kappa shape index (κ1) is 25.3. The minimum atomic E-state index is -2.10. The molecule has 0 saturated carbocycles. The first-order valence-electron chi connectivity index (χ1n) is 10.4. The van der Waals surface area contributed by atoms with E-state index in [2.05, 4.69) is 38.8 Å². The van der Waals surface area contributed by atoms with Gasteiger partial charge < -0.3 is 30.1 Å². The fourth-order valence-electron chi connectivity index (χ4n) is 3.17. The lowest BCUT2D eigenvalue weighted by molar-refractivity contribution is -0.155. The van der Waals surface area contributed by atoms with E-state index in [-0.39, 0.29) is 18.2 Å². The molecule has 2 heterocycles. The van der Waals surface area contributed by atoms with Gasteiger partial charge in [0.1, 0.15) is 42.7 Å². The van der Waals surface area contributed by atoms with E-state index in [0.717, 1.165) is 0 Å². The number of anilines is 1. The second kappa shape index (κ2) is 9.68. The van der Waals surface area contributed by atoms with Crippen molar-refractivity contribution < 1.29 is 28.2 Å². The first-order valence-corrected chi connectivity index (χ1v) is 13.3. The molecule has 2 unspecified atom stereocenters. The molecule has 31 heavy (non-hydrogen) atoms. The van der Waals surface area contributed by atoms with Crippen molar-refractivity contribution in [3.05, 3.63) is 12.0 Å². The highest BCUT2D eigenvalue weighted by Crippen LogP contribution is 2.41. The predicted octanol–water partition coefficient (Wildman–Crippen LogP) is 2.27. The molecule has 0 radical (unpaired) electrons. The van der Waals surface area contributed by atoms with Gasteiger partial charge in [0.15, 0.2) is 8.32 Å². The summed E-state index contributed by atoms with van der Waals surface area (Å²) in [6.45, 7) is 13.6. The number of nitrogens with two attached hydrogens (primary N) is 2. The van der Waals surface area contributed by atoms with Gasteiger partial charge in [-0.25, -0.2) is 4.98 Å². The molecular formula is C20H36N4O6Si. The summed E-state index contributed by atoms with van der Waals surface area (Å²) in [5.74, 6) is -0.493. The molecule has 1 aromatic rings. The molecule has 1 saturated heterocycles. The van der Waals surface area contributed by atoms with Crippen molar-refractivity contribution in [2.24, 2.45) is 5.73 Å². The smallest absolute Gasteiger partial charge is 0.303 e. The summed E-state index contributed by atoms with van der Waals surface area (Å²) in [6.07, 6.45) is -0.215. The van der Waals surface area contributed by atoms with Gasteiger partial charge in [-0.1, -0.05) is 20.8 Å². The van der Waals surface area contributed by atoms with Crippen LogP contribution in [0.5, 0.6) is 0 Å². The van der Waals surface area contributed by atoms with Crippen molar-refractivity contribution in [1.29, 1.82) is 0 Å². The van der Waals surface area contributed by atoms with Crippen LogP contribution in [-0.4, -0.2) is 55.2 Å². The summed E-state index contributed by atoms with van der Waals surface area (Å²) in [6, 6.07) is 0. The minimum Gasteiger partial charge on any atom is -0.463 e. The zero-order valence-corrected chi connectivity index (χ0v) is 20.5. The molecule has 10 nitrogen and oxygen atoms in total. The fraction of sp³-hybridized carbons (Fsp3) is 0.750. The Hall–Kier alpha value is -1.95. The van der Waals surface area contributed by atoms with Crippen LogP contribution in [-0.2, 0) is 28.2 Å². The van der Waals surface area contributed by atoms with Gasteiger partial charge in [0.25, 0.3) is 0 Å². The Bertz CT molecular complexity index is 791. The first-order chi connectivity index (χ1) is 14.3. The number of imidazole rings is 1. The van der Waals surface area contributed by atoms with E-state index in [9.17, 15) is 9.59 Å². The van der Waals surface area contributed by atoms with Crippen LogP contribution in [0.4, 0.5) is 5.82 Å². The number of nitrogens with zero attached hydrogens (tertiary/aromatic N) is 2. The average molecular weight is 457 g/mol. The second-order valence-electron chi connectivity index (χ2n) is 9.34.